The van der Waals surface area contributed by atoms with E-state index in [2.05, 4.69) is 120 Å². The van der Waals surface area contributed by atoms with E-state index < -0.39 is 16.5 Å². The van der Waals surface area contributed by atoms with Crippen LogP contribution in [0, 0.1) is 6.92 Å². The number of hydrogen-bond donors (Lipinski definition) is 2. The fourth-order valence-corrected chi connectivity index (χ4v) is 4.52. The zero-order valence-electron chi connectivity index (χ0n) is 21.0. The normalized spacial score (nSPS) is 13.6. The van der Waals surface area contributed by atoms with E-state index in [1.807, 2.05) is 0 Å². The molecule has 0 aliphatic carbocycles. The standard InChI is InChI=1S/C27H32.H4O5P2/c1-19-17-23(25(27(5,6)7)18-24(19)26(2,3)4)22-15-13-21(14-16-22)20-11-9-8-10-12-20;1-6(2)5-7(3)4/h8-18H,1-7H3;6-7H,(H,1,2)(H,3,4). The van der Waals surface area contributed by atoms with E-state index in [0.717, 1.165) is 0 Å². The second-order valence-corrected chi connectivity index (χ2v) is 12.2. The summed E-state index contributed by atoms with van der Waals surface area (Å²) in [6, 6.07) is 24.4. The Balaban J connectivity index is 0.000000509. The van der Waals surface area contributed by atoms with Crippen LogP contribution in [0.1, 0.15) is 58.2 Å². The Morgan fingerprint density at radius 1 is 0.647 bits per heavy atom. The topological polar surface area (TPSA) is 83.8 Å². The Kier molecular flexibility index (Phi) is 9.65. The van der Waals surface area contributed by atoms with Gasteiger partial charge in [0.15, 0.2) is 0 Å². The Hall–Kier alpha value is -2.00. The van der Waals surface area contributed by atoms with Crippen LogP contribution < -0.4 is 0 Å². The van der Waals surface area contributed by atoms with Crippen LogP contribution in [0.5, 0.6) is 0 Å². The van der Waals surface area contributed by atoms with Gasteiger partial charge in [-0.2, -0.15) is 0 Å². The van der Waals surface area contributed by atoms with Crippen molar-refractivity contribution in [3.63, 3.8) is 0 Å². The largest absolute Gasteiger partial charge is 0.326 e. The molecule has 34 heavy (non-hydrogen) atoms. The van der Waals surface area contributed by atoms with Gasteiger partial charge in [0.25, 0.3) is 0 Å². The van der Waals surface area contributed by atoms with Gasteiger partial charge in [0.2, 0.25) is 0 Å². The fraction of sp³-hybridized carbons (Fsp3) is 0.333. The van der Waals surface area contributed by atoms with Gasteiger partial charge in [-0.15, -0.1) is 0 Å². The van der Waals surface area contributed by atoms with Crippen LogP contribution in [0.2, 0.25) is 0 Å². The van der Waals surface area contributed by atoms with E-state index >= 15 is 0 Å². The van der Waals surface area contributed by atoms with Crippen molar-refractivity contribution in [3.8, 4) is 22.3 Å². The number of benzene rings is 3. The summed E-state index contributed by atoms with van der Waals surface area (Å²) in [4.78, 5) is 15.4. The lowest BCUT2D eigenvalue weighted by Crippen LogP contribution is -2.18. The molecule has 0 radical (unpaired) electrons. The first kappa shape index (κ1) is 28.2. The molecule has 0 spiro atoms. The molecular weight excluding hydrogens is 466 g/mol. The molecule has 3 aromatic rings. The van der Waals surface area contributed by atoms with E-state index in [1.54, 1.807) is 0 Å². The molecule has 2 N–H and O–H groups in total. The van der Waals surface area contributed by atoms with Gasteiger partial charge >= 0.3 is 16.5 Å². The van der Waals surface area contributed by atoms with Gasteiger partial charge in [-0.05, 0) is 56.7 Å². The fourth-order valence-electron chi connectivity index (χ4n) is 3.92. The predicted octanol–water partition coefficient (Wildman–Crippen LogP) is 7.69. The second-order valence-electron chi connectivity index (χ2n) is 10.3. The predicted molar refractivity (Wildman–Crippen MR) is 143 cm³/mol. The van der Waals surface area contributed by atoms with Crippen molar-refractivity contribution in [3.05, 3.63) is 83.4 Å². The maximum Gasteiger partial charge on any atom is 0.323 e. The summed E-state index contributed by atoms with van der Waals surface area (Å²) in [7, 11) is -6.40. The first-order chi connectivity index (χ1) is 15.7. The molecular formula is C27H36O5P2. The van der Waals surface area contributed by atoms with Gasteiger partial charge in [0, 0.05) is 0 Å². The van der Waals surface area contributed by atoms with E-state index in [-0.39, 0.29) is 10.8 Å². The number of rotatable bonds is 4. The molecule has 0 heterocycles. The minimum Gasteiger partial charge on any atom is -0.326 e. The molecule has 3 aromatic carbocycles. The van der Waals surface area contributed by atoms with E-state index in [9.17, 15) is 9.13 Å². The number of hydrogen-bond acceptors (Lipinski definition) is 3. The van der Waals surface area contributed by atoms with Gasteiger partial charge in [-0.1, -0.05) is 108 Å². The molecule has 0 bridgehead atoms. The third-order valence-electron chi connectivity index (χ3n) is 5.46. The van der Waals surface area contributed by atoms with Crippen molar-refractivity contribution in [2.24, 2.45) is 0 Å². The van der Waals surface area contributed by atoms with Crippen LogP contribution in [-0.4, -0.2) is 9.79 Å². The monoisotopic (exact) mass is 502 g/mol. The van der Waals surface area contributed by atoms with Gasteiger partial charge < -0.3 is 9.79 Å². The van der Waals surface area contributed by atoms with Crippen LogP contribution in [-0.2, 0) is 24.3 Å². The van der Waals surface area contributed by atoms with Gasteiger partial charge in [0.1, 0.15) is 0 Å². The highest BCUT2D eigenvalue weighted by Crippen LogP contribution is 2.39. The molecule has 0 amide bonds. The van der Waals surface area contributed by atoms with Crippen molar-refractivity contribution >= 4 is 16.5 Å². The summed E-state index contributed by atoms with van der Waals surface area (Å²) in [5.74, 6) is 0. The highest BCUT2D eigenvalue weighted by Gasteiger charge is 2.24. The van der Waals surface area contributed by atoms with Crippen LogP contribution >= 0.6 is 16.5 Å². The molecule has 0 aliphatic heterocycles. The lowest BCUT2D eigenvalue weighted by atomic mass is 9.75. The summed E-state index contributed by atoms with van der Waals surface area (Å²) in [6.45, 7) is 16.1. The molecule has 5 nitrogen and oxygen atoms in total. The molecule has 0 saturated carbocycles. The SMILES string of the molecule is Cc1cc(-c2ccc(-c3ccccc3)cc2)c(C(C)(C)C)cc1C(C)(C)C.O=[PH](O)O[PH](=O)O. The first-order valence-electron chi connectivity index (χ1n) is 11.2. The van der Waals surface area contributed by atoms with Crippen molar-refractivity contribution in [1.29, 1.82) is 0 Å². The minimum absolute atomic E-state index is 0.0983. The summed E-state index contributed by atoms with van der Waals surface area (Å²) >= 11 is 0. The molecule has 0 aliphatic rings. The highest BCUT2D eigenvalue weighted by atomic mass is 31.2. The molecule has 7 heteroatoms. The Morgan fingerprint density at radius 2 is 1.09 bits per heavy atom. The van der Waals surface area contributed by atoms with Crippen molar-refractivity contribution in [2.45, 2.75) is 59.3 Å². The third-order valence-corrected chi connectivity index (χ3v) is 6.86. The van der Waals surface area contributed by atoms with Crippen molar-refractivity contribution in [1.82, 2.24) is 0 Å². The summed E-state index contributed by atoms with van der Waals surface area (Å²) in [5.41, 5.74) is 9.66. The van der Waals surface area contributed by atoms with Gasteiger partial charge in [0.05, 0.1) is 0 Å². The molecule has 3 rings (SSSR count). The quantitative estimate of drug-likeness (QED) is 0.357. The molecule has 2 atom stereocenters. The Bertz CT molecular complexity index is 1130. The molecule has 0 aromatic heterocycles. The molecule has 0 saturated heterocycles. The summed E-state index contributed by atoms with van der Waals surface area (Å²) in [5, 5.41) is 0. The Labute approximate surface area is 204 Å². The van der Waals surface area contributed by atoms with Gasteiger partial charge in [-0.25, -0.2) is 4.31 Å². The van der Waals surface area contributed by atoms with E-state index in [1.165, 1.54) is 38.9 Å². The minimum atomic E-state index is -3.20. The maximum absolute atomic E-state index is 9.44. The van der Waals surface area contributed by atoms with Crippen molar-refractivity contribution < 1.29 is 23.2 Å². The zero-order valence-corrected chi connectivity index (χ0v) is 23.0. The van der Waals surface area contributed by atoms with Crippen LogP contribution in [0.4, 0.5) is 0 Å². The van der Waals surface area contributed by atoms with Gasteiger partial charge in [-0.3, -0.25) is 9.13 Å². The summed E-state index contributed by atoms with van der Waals surface area (Å²) < 4.78 is 22.3. The van der Waals surface area contributed by atoms with E-state index in [4.69, 9.17) is 9.79 Å². The first-order valence-corrected chi connectivity index (χ1v) is 13.7. The lowest BCUT2D eigenvalue weighted by molar-refractivity contribution is 0.371. The second kappa shape index (κ2) is 11.6. The summed E-state index contributed by atoms with van der Waals surface area (Å²) in [6.07, 6.45) is 0. The Morgan fingerprint density at radius 3 is 1.50 bits per heavy atom. The molecule has 2 unspecified atom stereocenters. The maximum atomic E-state index is 9.44. The third kappa shape index (κ3) is 8.05. The van der Waals surface area contributed by atoms with Crippen LogP contribution in [0.15, 0.2) is 66.7 Å². The van der Waals surface area contributed by atoms with E-state index in [0.29, 0.717) is 0 Å². The average molecular weight is 503 g/mol. The average Bonchev–Trinajstić information content (AvgIpc) is 2.72. The number of aryl methyl sites for hydroxylation is 1. The highest BCUT2D eigenvalue weighted by molar-refractivity contribution is 7.46. The lowest BCUT2D eigenvalue weighted by Gasteiger charge is -2.29. The smallest absolute Gasteiger partial charge is 0.323 e. The zero-order chi connectivity index (χ0) is 25.7. The van der Waals surface area contributed by atoms with Crippen molar-refractivity contribution in [2.75, 3.05) is 0 Å². The molecule has 0 fully saturated rings. The van der Waals surface area contributed by atoms with Crippen LogP contribution in [0.25, 0.3) is 22.3 Å². The molecule has 184 valence electrons. The van der Waals surface area contributed by atoms with Crippen LogP contribution in [0.3, 0.4) is 0 Å².